The van der Waals surface area contributed by atoms with Crippen molar-refractivity contribution >= 4 is 25.6 Å². The van der Waals surface area contributed by atoms with Crippen LogP contribution in [0, 0.1) is 5.92 Å². The number of nitrogens with zero attached hydrogens (tertiary/aromatic N) is 1. The molecule has 0 saturated heterocycles. The van der Waals surface area contributed by atoms with Gasteiger partial charge in [0.15, 0.2) is 0 Å². The number of aryl methyl sites for hydroxylation is 1. The molecule has 0 bridgehead atoms. The summed E-state index contributed by atoms with van der Waals surface area (Å²) in [5.41, 5.74) is 0.278. The lowest BCUT2D eigenvalue weighted by Gasteiger charge is -2.15. The predicted octanol–water partition coefficient (Wildman–Crippen LogP) is 2.51. The highest BCUT2D eigenvalue weighted by molar-refractivity contribution is 8.13. The first-order valence-corrected chi connectivity index (χ1v) is 8.84. The first kappa shape index (κ1) is 17.0. The molecule has 0 fully saturated rings. The fourth-order valence-corrected chi connectivity index (χ4v) is 2.64. The van der Waals surface area contributed by atoms with Crippen molar-refractivity contribution < 1.29 is 13.2 Å². The van der Waals surface area contributed by atoms with E-state index < -0.39 is 9.05 Å². The molecule has 0 aromatic carbocycles. The highest BCUT2D eigenvalue weighted by Crippen LogP contribution is 2.18. The second-order valence-electron chi connectivity index (χ2n) is 5.46. The molecule has 0 aliphatic rings. The number of hydrogen-bond donors (Lipinski definition) is 1. The van der Waals surface area contributed by atoms with Crippen molar-refractivity contribution in [1.29, 1.82) is 0 Å². The van der Waals surface area contributed by atoms with Crippen molar-refractivity contribution in [3.8, 4) is 0 Å². The number of amides is 1. The topological polar surface area (TPSA) is 68.2 Å². The zero-order chi connectivity index (χ0) is 15.5. The van der Waals surface area contributed by atoms with Crippen LogP contribution in [0.2, 0.25) is 0 Å². The van der Waals surface area contributed by atoms with E-state index in [0.717, 1.165) is 12.8 Å². The van der Waals surface area contributed by atoms with Gasteiger partial charge in [-0.05, 0) is 31.7 Å². The summed E-state index contributed by atoms with van der Waals surface area (Å²) in [4.78, 5) is 12.0. The largest absolute Gasteiger partial charge is 0.348 e. The molecule has 1 amide bonds. The molecule has 5 nitrogen and oxygen atoms in total. The summed E-state index contributed by atoms with van der Waals surface area (Å²) in [6, 6.07) is 1.32. The highest BCUT2D eigenvalue weighted by Gasteiger charge is 2.19. The number of carbonyl (C=O) groups is 1. The van der Waals surface area contributed by atoms with E-state index in [2.05, 4.69) is 19.2 Å². The monoisotopic (exact) mass is 320 g/mol. The predicted molar refractivity (Wildman–Crippen MR) is 79.5 cm³/mol. The van der Waals surface area contributed by atoms with Gasteiger partial charge in [-0.15, -0.1) is 0 Å². The summed E-state index contributed by atoms with van der Waals surface area (Å²) in [6.45, 7) is 6.19. The zero-order valence-corrected chi connectivity index (χ0v) is 13.8. The standard InChI is InChI=1S/C13H21ClN2O3S/c1-9(2)5-6-10(3)15-13(17)12-7-11(8-16(12)4)20(14,18)19/h7-10H,5-6H2,1-4H3,(H,15,17). The molecule has 1 aromatic rings. The average molecular weight is 321 g/mol. The fraction of sp³-hybridized carbons (Fsp3) is 0.615. The molecule has 1 N–H and O–H groups in total. The average Bonchev–Trinajstić information content (AvgIpc) is 2.68. The number of hydrogen-bond acceptors (Lipinski definition) is 3. The van der Waals surface area contributed by atoms with Gasteiger partial charge in [0.05, 0.1) is 0 Å². The Kier molecular flexibility index (Phi) is 5.65. The van der Waals surface area contributed by atoms with Gasteiger partial charge in [0.1, 0.15) is 10.6 Å². The van der Waals surface area contributed by atoms with Crippen LogP contribution in [0.4, 0.5) is 0 Å². The highest BCUT2D eigenvalue weighted by atomic mass is 35.7. The third-order valence-corrected chi connectivity index (χ3v) is 4.37. The molecule has 114 valence electrons. The van der Waals surface area contributed by atoms with Crippen molar-refractivity contribution in [2.75, 3.05) is 0 Å². The second kappa shape index (κ2) is 6.63. The number of halogens is 1. The van der Waals surface area contributed by atoms with E-state index in [-0.39, 0.29) is 22.5 Å². The Labute approximate surface area is 124 Å². The number of carbonyl (C=O) groups excluding carboxylic acids is 1. The minimum atomic E-state index is -3.82. The summed E-state index contributed by atoms with van der Waals surface area (Å²) in [5, 5.41) is 2.86. The molecule has 1 aromatic heterocycles. The number of aromatic nitrogens is 1. The molecule has 0 saturated carbocycles. The van der Waals surface area contributed by atoms with Crippen molar-refractivity contribution in [2.24, 2.45) is 13.0 Å². The van der Waals surface area contributed by atoms with Crippen LogP contribution in [-0.2, 0) is 16.1 Å². The maximum atomic E-state index is 12.1. The first-order valence-electron chi connectivity index (χ1n) is 6.53. The Morgan fingerprint density at radius 1 is 1.35 bits per heavy atom. The summed E-state index contributed by atoms with van der Waals surface area (Å²) in [7, 11) is 3.06. The summed E-state index contributed by atoms with van der Waals surface area (Å²) >= 11 is 0. The minimum Gasteiger partial charge on any atom is -0.348 e. The van der Waals surface area contributed by atoms with Gasteiger partial charge in [-0.3, -0.25) is 4.79 Å². The lowest BCUT2D eigenvalue weighted by molar-refractivity contribution is 0.0929. The van der Waals surface area contributed by atoms with Gasteiger partial charge >= 0.3 is 0 Å². The van der Waals surface area contributed by atoms with E-state index in [1.54, 1.807) is 7.05 Å². The van der Waals surface area contributed by atoms with Gasteiger partial charge in [0.25, 0.3) is 15.0 Å². The maximum Gasteiger partial charge on any atom is 0.268 e. The molecule has 0 radical (unpaired) electrons. The molecule has 0 aliphatic heterocycles. The Morgan fingerprint density at radius 2 is 1.95 bits per heavy atom. The normalized spacial score (nSPS) is 13.5. The minimum absolute atomic E-state index is 0.0378. The molecule has 1 atom stereocenters. The maximum absolute atomic E-state index is 12.1. The molecule has 0 aliphatic carbocycles. The molecule has 1 unspecified atom stereocenters. The smallest absolute Gasteiger partial charge is 0.268 e. The third kappa shape index (κ3) is 4.83. The van der Waals surface area contributed by atoms with Gasteiger partial charge in [0.2, 0.25) is 0 Å². The molecular formula is C13H21ClN2O3S. The Balaban J connectivity index is 2.76. The molecule has 0 spiro atoms. The van der Waals surface area contributed by atoms with Crippen LogP contribution in [-0.4, -0.2) is 24.9 Å². The second-order valence-corrected chi connectivity index (χ2v) is 8.02. The van der Waals surface area contributed by atoms with Gasteiger partial charge in [0, 0.05) is 30.0 Å². The van der Waals surface area contributed by atoms with Crippen LogP contribution in [0.3, 0.4) is 0 Å². The lowest BCUT2D eigenvalue weighted by Crippen LogP contribution is -2.33. The molecule has 1 rings (SSSR count). The lowest BCUT2D eigenvalue weighted by atomic mass is 10.0. The molecular weight excluding hydrogens is 300 g/mol. The van der Waals surface area contributed by atoms with E-state index in [1.807, 2.05) is 6.92 Å². The van der Waals surface area contributed by atoms with Crippen molar-refractivity contribution in [3.05, 3.63) is 18.0 Å². The van der Waals surface area contributed by atoms with Crippen molar-refractivity contribution in [3.63, 3.8) is 0 Å². The van der Waals surface area contributed by atoms with Crippen molar-refractivity contribution in [1.82, 2.24) is 9.88 Å². The van der Waals surface area contributed by atoms with E-state index in [4.69, 9.17) is 10.7 Å². The van der Waals surface area contributed by atoms with E-state index in [9.17, 15) is 13.2 Å². The zero-order valence-electron chi connectivity index (χ0n) is 12.2. The van der Waals surface area contributed by atoms with Crippen LogP contribution in [0.15, 0.2) is 17.2 Å². The molecule has 7 heteroatoms. The Morgan fingerprint density at radius 3 is 2.40 bits per heavy atom. The molecule has 20 heavy (non-hydrogen) atoms. The van der Waals surface area contributed by atoms with E-state index in [0.29, 0.717) is 5.92 Å². The summed E-state index contributed by atoms with van der Waals surface area (Å²) in [5.74, 6) is 0.285. The fourth-order valence-electron chi connectivity index (χ4n) is 1.85. The van der Waals surface area contributed by atoms with Crippen LogP contribution >= 0.6 is 10.7 Å². The summed E-state index contributed by atoms with van der Waals surface area (Å²) < 4.78 is 23.9. The Hall–Kier alpha value is -1.01. The van der Waals surface area contributed by atoms with Crippen LogP contribution in [0.25, 0.3) is 0 Å². The van der Waals surface area contributed by atoms with Gasteiger partial charge in [-0.2, -0.15) is 0 Å². The van der Waals surface area contributed by atoms with E-state index >= 15 is 0 Å². The van der Waals surface area contributed by atoms with Crippen LogP contribution in [0.5, 0.6) is 0 Å². The van der Waals surface area contributed by atoms with E-state index in [1.165, 1.54) is 16.8 Å². The number of nitrogens with one attached hydrogen (secondary N) is 1. The summed E-state index contributed by atoms with van der Waals surface area (Å²) in [6.07, 6.45) is 3.24. The van der Waals surface area contributed by atoms with Gasteiger partial charge < -0.3 is 9.88 Å². The van der Waals surface area contributed by atoms with Gasteiger partial charge in [-0.1, -0.05) is 13.8 Å². The van der Waals surface area contributed by atoms with Crippen LogP contribution in [0.1, 0.15) is 44.1 Å². The SMILES string of the molecule is CC(C)CCC(C)NC(=O)c1cc(S(=O)(=O)Cl)cn1C. The third-order valence-electron chi connectivity index (χ3n) is 3.05. The number of rotatable bonds is 6. The Bertz CT molecular complexity index is 578. The van der Waals surface area contributed by atoms with Gasteiger partial charge in [-0.25, -0.2) is 8.42 Å². The molecule has 1 heterocycles. The first-order chi connectivity index (χ1) is 9.11. The quantitative estimate of drug-likeness (QED) is 0.819. The van der Waals surface area contributed by atoms with Crippen LogP contribution < -0.4 is 5.32 Å². The van der Waals surface area contributed by atoms with Crippen molar-refractivity contribution in [2.45, 2.75) is 44.6 Å².